The average Bonchev–Trinajstić information content (AvgIpc) is 2.79. The van der Waals surface area contributed by atoms with Crippen LogP contribution in [-0.4, -0.2) is 10.0 Å². The van der Waals surface area contributed by atoms with Crippen molar-refractivity contribution >= 4 is 44.9 Å². The van der Waals surface area contributed by atoms with Crippen molar-refractivity contribution < 1.29 is 10.0 Å². The van der Waals surface area contributed by atoms with Gasteiger partial charge in [0, 0.05) is 12.1 Å². The summed E-state index contributed by atoms with van der Waals surface area (Å²) in [5.74, 6) is -0.109. The van der Waals surface area contributed by atoms with Gasteiger partial charge < -0.3 is 10.8 Å². The number of benzene rings is 4. The van der Waals surface area contributed by atoms with Gasteiger partial charge in [-0.1, -0.05) is 30.3 Å². The Kier molecular flexibility index (Phi) is 5.31. The second kappa shape index (κ2) is 8.37. The van der Waals surface area contributed by atoms with E-state index in [2.05, 4.69) is 20.5 Å². The van der Waals surface area contributed by atoms with Gasteiger partial charge in [0.05, 0.1) is 27.4 Å². The van der Waals surface area contributed by atoms with Crippen molar-refractivity contribution in [3.8, 4) is 5.75 Å². The Bertz CT molecular complexity index is 1320. The number of hydrogen-bond acceptors (Lipinski definition) is 8. The van der Waals surface area contributed by atoms with Gasteiger partial charge in [0.15, 0.2) is 5.75 Å². The minimum atomic E-state index is -0.488. The summed E-state index contributed by atoms with van der Waals surface area (Å²) in [5, 5.41) is 39.0. The zero-order valence-electron chi connectivity index (χ0n) is 16.1. The number of anilines is 1. The number of hydrogen-bond donors (Lipinski definition) is 2. The first-order valence-corrected chi connectivity index (χ1v) is 9.20. The van der Waals surface area contributed by atoms with Gasteiger partial charge in [-0.15, -0.1) is 10.2 Å². The first-order valence-electron chi connectivity index (χ1n) is 9.20. The molecule has 0 bridgehead atoms. The minimum Gasteiger partial charge on any atom is -0.505 e. The molecule has 0 amide bonds. The van der Waals surface area contributed by atoms with Crippen LogP contribution in [0, 0.1) is 10.1 Å². The van der Waals surface area contributed by atoms with E-state index < -0.39 is 4.92 Å². The van der Waals surface area contributed by atoms with Gasteiger partial charge in [0.2, 0.25) is 0 Å². The Labute approximate surface area is 176 Å². The van der Waals surface area contributed by atoms with Crippen LogP contribution in [0.25, 0.3) is 10.8 Å². The highest BCUT2D eigenvalue weighted by atomic mass is 16.6. The first-order chi connectivity index (χ1) is 15.0. The maximum absolute atomic E-state index is 10.7. The molecule has 0 aliphatic rings. The van der Waals surface area contributed by atoms with Crippen LogP contribution in [-0.2, 0) is 0 Å². The molecular formula is C22H16N6O3. The number of nitro groups is 1. The van der Waals surface area contributed by atoms with Crippen LogP contribution in [0.5, 0.6) is 5.75 Å². The Hall–Kier alpha value is -4.66. The molecule has 0 atom stereocenters. The number of nitrogens with zero attached hydrogens (tertiary/aromatic N) is 5. The van der Waals surface area contributed by atoms with Crippen molar-refractivity contribution in [1.29, 1.82) is 0 Å². The predicted octanol–water partition coefficient (Wildman–Crippen LogP) is 6.87. The molecule has 31 heavy (non-hydrogen) atoms. The third-order valence-corrected chi connectivity index (χ3v) is 4.52. The lowest BCUT2D eigenvalue weighted by Crippen LogP contribution is -1.88. The Balaban J connectivity index is 1.68. The summed E-state index contributed by atoms with van der Waals surface area (Å²) in [7, 11) is 0. The van der Waals surface area contributed by atoms with E-state index in [-0.39, 0.29) is 22.8 Å². The van der Waals surface area contributed by atoms with Crippen molar-refractivity contribution in [2.45, 2.75) is 0 Å². The fraction of sp³-hybridized carbons (Fsp3) is 0. The maximum Gasteiger partial charge on any atom is 0.269 e. The van der Waals surface area contributed by atoms with Gasteiger partial charge in [0.1, 0.15) is 11.4 Å². The van der Waals surface area contributed by atoms with Gasteiger partial charge in [-0.3, -0.25) is 10.1 Å². The van der Waals surface area contributed by atoms with E-state index in [0.29, 0.717) is 27.8 Å². The van der Waals surface area contributed by atoms with Gasteiger partial charge in [0.25, 0.3) is 5.69 Å². The molecule has 4 aromatic carbocycles. The number of rotatable bonds is 5. The number of nitrogen functional groups attached to an aromatic ring is 1. The molecule has 4 rings (SSSR count). The Morgan fingerprint density at radius 3 is 1.97 bits per heavy atom. The van der Waals surface area contributed by atoms with Crippen molar-refractivity contribution in [3.05, 3.63) is 89.0 Å². The average molecular weight is 412 g/mol. The molecule has 0 unspecified atom stereocenters. The largest absolute Gasteiger partial charge is 0.505 e. The third kappa shape index (κ3) is 4.20. The van der Waals surface area contributed by atoms with E-state index in [4.69, 9.17) is 5.73 Å². The van der Waals surface area contributed by atoms with Crippen LogP contribution < -0.4 is 5.73 Å². The molecule has 152 valence electrons. The molecule has 0 fully saturated rings. The Morgan fingerprint density at radius 1 is 0.742 bits per heavy atom. The lowest BCUT2D eigenvalue weighted by Gasteiger charge is -2.08. The lowest BCUT2D eigenvalue weighted by atomic mass is 10.1. The molecule has 0 saturated heterocycles. The summed E-state index contributed by atoms with van der Waals surface area (Å²) in [4.78, 5) is 10.3. The molecule has 0 radical (unpaired) electrons. The molecule has 0 heterocycles. The van der Waals surface area contributed by atoms with E-state index in [9.17, 15) is 15.2 Å². The van der Waals surface area contributed by atoms with Gasteiger partial charge in [-0.05, 0) is 41.8 Å². The molecule has 9 nitrogen and oxygen atoms in total. The zero-order chi connectivity index (χ0) is 21.8. The third-order valence-electron chi connectivity index (χ3n) is 4.52. The molecule has 0 aliphatic carbocycles. The van der Waals surface area contributed by atoms with Crippen molar-refractivity contribution in [2.24, 2.45) is 20.5 Å². The van der Waals surface area contributed by atoms with E-state index >= 15 is 0 Å². The smallest absolute Gasteiger partial charge is 0.269 e. The SMILES string of the molecule is Nc1c(N=Nc2ccc([N+](=O)[O-])cc2)ccc2ccc(N=Nc3ccccc3)c(O)c12. The van der Waals surface area contributed by atoms with Crippen LogP contribution in [0.4, 0.5) is 34.1 Å². The lowest BCUT2D eigenvalue weighted by molar-refractivity contribution is -0.384. The summed E-state index contributed by atoms with van der Waals surface area (Å²) in [5.41, 5.74) is 8.15. The summed E-state index contributed by atoms with van der Waals surface area (Å²) in [6.07, 6.45) is 0. The molecule has 0 spiro atoms. The molecule has 0 aliphatic heterocycles. The van der Waals surface area contributed by atoms with Crippen LogP contribution in [0.15, 0.2) is 99.3 Å². The van der Waals surface area contributed by atoms with E-state index in [0.717, 1.165) is 0 Å². The number of non-ortho nitro benzene ring substituents is 1. The number of nitro benzene ring substituents is 1. The molecule has 0 saturated carbocycles. The topological polar surface area (TPSA) is 139 Å². The minimum absolute atomic E-state index is 0.0358. The predicted molar refractivity (Wildman–Crippen MR) is 118 cm³/mol. The summed E-state index contributed by atoms with van der Waals surface area (Å²) < 4.78 is 0. The summed E-state index contributed by atoms with van der Waals surface area (Å²) in [6.45, 7) is 0. The number of aromatic hydroxyl groups is 1. The molecule has 4 aromatic rings. The summed E-state index contributed by atoms with van der Waals surface area (Å²) in [6, 6.07) is 21.7. The number of nitrogens with two attached hydrogens (primary N) is 1. The maximum atomic E-state index is 10.7. The van der Waals surface area contributed by atoms with Gasteiger partial charge in [-0.2, -0.15) is 10.2 Å². The highest BCUT2D eigenvalue weighted by Gasteiger charge is 2.12. The molecular weight excluding hydrogens is 396 g/mol. The van der Waals surface area contributed by atoms with E-state index in [1.54, 1.807) is 36.4 Å². The first kappa shape index (κ1) is 19.6. The molecule has 0 aromatic heterocycles. The standard InChI is InChI=1S/C22H16N6O3/c23-21-18(26-25-16-8-10-17(11-9-16)28(30)31)12-6-14-7-13-19(22(29)20(14)21)27-24-15-4-2-1-3-5-15/h1-13,29H,23H2. The quantitative estimate of drug-likeness (QED) is 0.160. The van der Waals surface area contributed by atoms with Gasteiger partial charge in [-0.25, -0.2) is 0 Å². The second-order valence-corrected chi connectivity index (χ2v) is 6.54. The fourth-order valence-corrected chi connectivity index (χ4v) is 2.93. The second-order valence-electron chi connectivity index (χ2n) is 6.54. The number of phenolic OH excluding ortho intramolecular Hbond substituents is 1. The van der Waals surface area contributed by atoms with Crippen LogP contribution in [0.2, 0.25) is 0 Å². The molecule has 9 heteroatoms. The zero-order valence-corrected chi connectivity index (χ0v) is 16.1. The number of fused-ring (bicyclic) bond motifs is 1. The van der Waals surface area contributed by atoms with E-state index in [1.807, 2.05) is 18.2 Å². The number of phenols is 1. The monoisotopic (exact) mass is 412 g/mol. The van der Waals surface area contributed by atoms with Gasteiger partial charge >= 0.3 is 0 Å². The fourth-order valence-electron chi connectivity index (χ4n) is 2.93. The highest BCUT2D eigenvalue weighted by Crippen LogP contribution is 2.42. The highest BCUT2D eigenvalue weighted by molar-refractivity contribution is 6.04. The van der Waals surface area contributed by atoms with Crippen LogP contribution in [0.1, 0.15) is 0 Å². The van der Waals surface area contributed by atoms with E-state index in [1.165, 1.54) is 24.3 Å². The van der Waals surface area contributed by atoms with Crippen molar-refractivity contribution in [2.75, 3.05) is 5.73 Å². The molecule has 3 N–H and O–H groups in total. The Morgan fingerprint density at radius 2 is 1.32 bits per heavy atom. The van der Waals surface area contributed by atoms with Crippen LogP contribution in [0.3, 0.4) is 0 Å². The summed E-state index contributed by atoms with van der Waals surface area (Å²) >= 11 is 0. The normalized spacial score (nSPS) is 11.5. The van der Waals surface area contributed by atoms with Crippen LogP contribution >= 0.6 is 0 Å². The number of azo groups is 2. The van der Waals surface area contributed by atoms with Crippen molar-refractivity contribution in [3.63, 3.8) is 0 Å². The van der Waals surface area contributed by atoms with Crippen molar-refractivity contribution in [1.82, 2.24) is 0 Å².